The third-order valence-electron chi connectivity index (χ3n) is 5.38. The number of rotatable bonds is 8. The molecule has 4 aromatic rings. The summed E-state index contributed by atoms with van der Waals surface area (Å²) in [5.74, 6) is 1.49. The fraction of sp³-hybridized carbons (Fsp3) is 0.292. The van der Waals surface area contributed by atoms with Gasteiger partial charge in [0.15, 0.2) is 0 Å². The van der Waals surface area contributed by atoms with E-state index < -0.39 is 5.79 Å². The van der Waals surface area contributed by atoms with Crippen molar-refractivity contribution in [1.82, 2.24) is 19.7 Å². The lowest BCUT2D eigenvalue weighted by atomic mass is 10.1. The molecular weight excluding hydrogens is 424 g/mol. The number of ether oxygens (including phenoxy) is 4. The second kappa shape index (κ2) is 9.05. The largest absolute Gasteiger partial charge is 0.497 e. The van der Waals surface area contributed by atoms with E-state index in [-0.39, 0.29) is 6.10 Å². The number of aromatic nitrogens is 4. The average Bonchev–Trinajstić information content (AvgIpc) is 3.61. The van der Waals surface area contributed by atoms with E-state index in [0.717, 1.165) is 16.9 Å². The molecule has 3 heterocycles. The molecule has 2 unspecified atom stereocenters. The van der Waals surface area contributed by atoms with Crippen LogP contribution in [0.2, 0.25) is 0 Å². The Labute approximate surface area is 190 Å². The lowest BCUT2D eigenvalue weighted by Gasteiger charge is -2.29. The second-order valence-electron chi connectivity index (χ2n) is 7.73. The molecule has 0 amide bonds. The average molecular weight is 448 g/mol. The maximum Gasteiger partial charge on any atom is 0.247 e. The number of benzene rings is 2. The molecule has 5 rings (SSSR count). The minimum atomic E-state index is -0.969. The van der Waals surface area contributed by atoms with Crippen LogP contribution in [0.3, 0.4) is 0 Å². The highest BCUT2D eigenvalue weighted by atomic mass is 16.8. The summed E-state index contributed by atoms with van der Waals surface area (Å²) in [6, 6.07) is 15.2. The molecule has 1 aliphatic rings. The molecule has 0 radical (unpaired) electrons. The Morgan fingerprint density at radius 2 is 2.00 bits per heavy atom. The molecule has 0 bridgehead atoms. The van der Waals surface area contributed by atoms with E-state index in [1.165, 1.54) is 0 Å². The Morgan fingerprint density at radius 3 is 2.73 bits per heavy atom. The molecule has 1 saturated heterocycles. The first-order chi connectivity index (χ1) is 16.1. The van der Waals surface area contributed by atoms with Crippen LogP contribution < -0.4 is 9.47 Å². The van der Waals surface area contributed by atoms with Crippen molar-refractivity contribution in [2.75, 3.05) is 20.3 Å². The van der Waals surface area contributed by atoms with Crippen LogP contribution in [0.1, 0.15) is 11.5 Å². The molecule has 9 nitrogen and oxygen atoms in total. The molecule has 1 aliphatic heterocycles. The van der Waals surface area contributed by atoms with Crippen LogP contribution in [0, 0.1) is 6.92 Å². The molecule has 0 aliphatic carbocycles. The van der Waals surface area contributed by atoms with Gasteiger partial charge in [-0.3, -0.25) is 0 Å². The Bertz CT molecular complexity index is 1190. The summed E-state index contributed by atoms with van der Waals surface area (Å²) in [4.78, 5) is 4.14. The van der Waals surface area contributed by atoms with Crippen LogP contribution >= 0.6 is 0 Å². The van der Waals surface area contributed by atoms with Crippen LogP contribution in [0.15, 0.2) is 71.7 Å². The quantitative estimate of drug-likeness (QED) is 0.404. The Balaban J connectivity index is 1.28. The van der Waals surface area contributed by atoms with Gasteiger partial charge < -0.3 is 27.9 Å². The molecule has 2 aromatic heterocycles. The maximum absolute atomic E-state index is 6.44. The van der Waals surface area contributed by atoms with E-state index in [4.69, 9.17) is 23.4 Å². The van der Waals surface area contributed by atoms with Gasteiger partial charge in [-0.05, 0) is 36.4 Å². The summed E-state index contributed by atoms with van der Waals surface area (Å²) >= 11 is 0. The van der Waals surface area contributed by atoms with E-state index in [2.05, 4.69) is 15.2 Å². The third-order valence-corrected chi connectivity index (χ3v) is 5.38. The molecule has 2 aromatic carbocycles. The van der Waals surface area contributed by atoms with E-state index in [0.29, 0.717) is 37.3 Å². The molecule has 1 fully saturated rings. The van der Waals surface area contributed by atoms with Gasteiger partial charge in [-0.15, -0.1) is 10.2 Å². The van der Waals surface area contributed by atoms with Crippen molar-refractivity contribution in [2.45, 2.75) is 25.4 Å². The molecule has 0 saturated carbocycles. The van der Waals surface area contributed by atoms with Crippen LogP contribution in [0.25, 0.3) is 11.5 Å². The topological polar surface area (TPSA) is 93.7 Å². The van der Waals surface area contributed by atoms with Crippen molar-refractivity contribution in [3.63, 3.8) is 0 Å². The highest BCUT2D eigenvalue weighted by molar-refractivity contribution is 5.53. The van der Waals surface area contributed by atoms with Gasteiger partial charge in [0, 0.05) is 30.4 Å². The fourth-order valence-corrected chi connectivity index (χ4v) is 3.75. The van der Waals surface area contributed by atoms with Crippen molar-refractivity contribution >= 4 is 0 Å². The van der Waals surface area contributed by atoms with Gasteiger partial charge in [0.1, 0.15) is 24.2 Å². The van der Waals surface area contributed by atoms with Crippen molar-refractivity contribution in [2.24, 2.45) is 0 Å². The molecular formula is C24H24N4O5. The zero-order valence-electron chi connectivity index (χ0n) is 18.4. The highest BCUT2D eigenvalue weighted by Gasteiger charge is 2.44. The fourth-order valence-electron chi connectivity index (χ4n) is 3.75. The molecule has 2 atom stereocenters. The Kier molecular flexibility index (Phi) is 5.80. The van der Waals surface area contributed by atoms with E-state index in [1.54, 1.807) is 26.6 Å². The van der Waals surface area contributed by atoms with Crippen LogP contribution in [0.4, 0.5) is 0 Å². The van der Waals surface area contributed by atoms with Gasteiger partial charge in [-0.1, -0.05) is 12.1 Å². The number of hydrogen-bond donors (Lipinski definition) is 0. The van der Waals surface area contributed by atoms with Gasteiger partial charge >= 0.3 is 0 Å². The number of imidazole rings is 1. The van der Waals surface area contributed by atoms with Crippen molar-refractivity contribution in [1.29, 1.82) is 0 Å². The van der Waals surface area contributed by atoms with Crippen LogP contribution in [0.5, 0.6) is 11.5 Å². The minimum absolute atomic E-state index is 0.252. The maximum atomic E-state index is 6.44. The van der Waals surface area contributed by atoms with Crippen LogP contribution in [-0.2, 0) is 21.8 Å². The molecule has 0 spiro atoms. The number of aryl methyl sites for hydroxylation is 1. The minimum Gasteiger partial charge on any atom is -0.497 e. The van der Waals surface area contributed by atoms with Crippen molar-refractivity contribution in [3.8, 4) is 23.0 Å². The summed E-state index contributed by atoms with van der Waals surface area (Å²) in [6.45, 7) is 2.95. The number of methoxy groups -OCH3 is 1. The van der Waals surface area contributed by atoms with Crippen molar-refractivity contribution in [3.05, 3.63) is 78.7 Å². The zero-order chi connectivity index (χ0) is 22.7. The summed E-state index contributed by atoms with van der Waals surface area (Å²) in [6.07, 6.45) is 5.10. The molecule has 33 heavy (non-hydrogen) atoms. The lowest BCUT2D eigenvalue weighted by molar-refractivity contribution is -0.189. The number of hydrogen-bond acceptors (Lipinski definition) is 8. The molecule has 0 N–H and O–H groups in total. The van der Waals surface area contributed by atoms with Gasteiger partial charge in [-0.2, -0.15) is 0 Å². The predicted molar refractivity (Wildman–Crippen MR) is 118 cm³/mol. The summed E-state index contributed by atoms with van der Waals surface area (Å²) in [5, 5.41) is 7.89. The van der Waals surface area contributed by atoms with Crippen molar-refractivity contribution < 1.29 is 23.4 Å². The predicted octanol–water partition coefficient (Wildman–Crippen LogP) is 3.60. The SMILES string of the molecule is COc1cccc(C2(Cn3ccnc3)OCC(COc3ccc(-c4nnc(C)o4)cc3)O2)c1. The van der Waals surface area contributed by atoms with Gasteiger partial charge in [0.25, 0.3) is 0 Å². The first kappa shape index (κ1) is 21.2. The Hall–Kier alpha value is -3.69. The van der Waals surface area contributed by atoms with E-state index in [9.17, 15) is 0 Å². The van der Waals surface area contributed by atoms with Crippen LogP contribution in [-0.4, -0.2) is 46.2 Å². The normalized spacial score (nSPS) is 20.1. The zero-order valence-corrected chi connectivity index (χ0v) is 18.4. The Morgan fingerprint density at radius 1 is 1.12 bits per heavy atom. The van der Waals surface area contributed by atoms with Gasteiger partial charge in [-0.25, -0.2) is 4.98 Å². The smallest absolute Gasteiger partial charge is 0.247 e. The lowest BCUT2D eigenvalue weighted by Crippen LogP contribution is -2.34. The second-order valence-corrected chi connectivity index (χ2v) is 7.73. The van der Waals surface area contributed by atoms with Gasteiger partial charge in [0.05, 0.1) is 26.6 Å². The van der Waals surface area contributed by atoms with E-state index >= 15 is 0 Å². The third kappa shape index (κ3) is 4.59. The monoisotopic (exact) mass is 448 g/mol. The van der Waals surface area contributed by atoms with E-state index in [1.807, 2.05) is 59.3 Å². The summed E-state index contributed by atoms with van der Waals surface area (Å²) in [5.41, 5.74) is 1.71. The first-order valence-electron chi connectivity index (χ1n) is 10.6. The molecule has 9 heteroatoms. The summed E-state index contributed by atoms with van der Waals surface area (Å²) in [7, 11) is 1.64. The molecule has 170 valence electrons. The number of nitrogens with zero attached hydrogens (tertiary/aromatic N) is 4. The van der Waals surface area contributed by atoms with Gasteiger partial charge in [0.2, 0.25) is 17.6 Å². The first-order valence-corrected chi connectivity index (χ1v) is 10.6. The highest BCUT2D eigenvalue weighted by Crippen LogP contribution is 2.37. The summed E-state index contributed by atoms with van der Waals surface area (Å²) < 4.78 is 31.5. The standard InChI is InChI=1S/C24H24N4O5/c1-17-26-27-23(32-17)18-6-8-20(9-7-18)30-13-22-14-31-24(33-22,15-28-11-10-25-16-28)19-4-3-5-21(12-19)29-2/h3-12,16,22H,13-15H2,1-2H3.